The first-order chi connectivity index (χ1) is 15.4. The summed E-state index contributed by atoms with van der Waals surface area (Å²) in [5.41, 5.74) is 2.02. The van der Waals surface area contributed by atoms with Gasteiger partial charge in [0.1, 0.15) is 6.61 Å². The molecule has 1 aliphatic rings. The Morgan fingerprint density at radius 1 is 1.25 bits per heavy atom. The standard InChI is InChI=1S/C19H27NO5.C7H10/c1-3-7-16-10-14(2)25-18(21)17(13-23-11-16)20-19(22)24-12-15-8-5-4-6-9-15;1-4-6-7(3)5-2/h4-6,8-9,14,16-17H,3,7,10-13H2,1-2H3,(H,20,22);4-6H,1-2H2,3H3/b;7-6-/t14?,16?,17-;/m0./s1. The molecule has 1 fully saturated rings. The van der Waals surface area contributed by atoms with Crippen LogP contribution in [0.4, 0.5) is 4.79 Å². The number of alkyl carbamates (subject to hydrolysis) is 1. The maximum absolute atomic E-state index is 12.2. The summed E-state index contributed by atoms with van der Waals surface area (Å²) in [5.74, 6) is -0.127. The number of benzene rings is 1. The van der Waals surface area contributed by atoms with Crippen molar-refractivity contribution >= 4 is 12.1 Å². The van der Waals surface area contributed by atoms with Gasteiger partial charge in [-0.05, 0) is 38.2 Å². The van der Waals surface area contributed by atoms with E-state index in [1.165, 1.54) is 0 Å². The monoisotopic (exact) mass is 443 g/mol. The molecule has 32 heavy (non-hydrogen) atoms. The molecule has 0 spiro atoms. The van der Waals surface area contributed by atoms with Gasteiger partial charge in [-0.25, -0.2) is 9.59 Å². The lowest BCUT2D eigenvalue weighted by Crippen LogP contribution is -2.45. The van der Waals surface area contributed by atoms with E-state index in [1.54, 1.807) is 12.2 Å². The topological polar surface area (TPSA) is 73.9 Å². The molecule has 6 nitrogen and oxygen atoms in total. The van der Waals surface area contributed by atoms with E-state index in [-0.39, 0.29) is 19.3 Å². The zero-order valence-corrected chi connectivity index (χ0v) is 19.5. The Balaban J connectivity index is 0.000000633. The molecule has 1 N–H and O–H groups in total. The van der Waals surface area contributed by atoms with Crippen LogP contribution in [-0.2, 0) is 25.6 Å². The van der Waals surface area contributed by atoms with E-state index in [2.05, 4.69) is 25.4 Å². The van der Waals surface area contributed by atoms with E-state index in [0.717, 1.165) is 30.4 Å². The zero-order chi connectivity index (χ0) is 23.8. The molecule has 6 heteroatoms. The van der Waals surface area contributed by atoms with Gasteiger partial charge in [-0.2, -0.15) is 0 Å². The molecule has 1 aromatic rings. The molecule has 1 saturated heterocycles. The van der Waals surface area contributed by atoms with Gasteiger partial charge in [-0.3, -0.25) is 0 Å². The third kappa shape index (κ3) is 11.5. The van der Waals surface area contributed by atoms with Crippen LogP contribution in [0.15, 0.2) is 67.3 Å². The van der Waals surface area contributed by atoms with E-state index < -0.39 is 18.1 Å². The maximum atomic E-state index is 12.2. The molecule has 2 unspecified atom stereocenters. The second kappa shape index (κ2) is 15.9. The van der Waals surface area contributed by atoms with Gasteiger partial charge < -0.3 is 19.5 Å². The fourth-order valence-corrected chi connectivity index (χ4v) is 3.16. The Morgan fingerprint density at radius 2 is 1.97 bits per heavy atom. The van der Waals surface area contributed by atoms with Gasteiger partial charge in [0.05, 0.1) is 12.7 Å². The quantitative estimate of drug-likeness (QED) is 0.454. The predicted octanol–water partition coefficient (Wildman–Crippen LogP) is 5.35. The fourth-order valence-electron chi connectivity index (χ4n) is 3.16. The van der Waals surface area contributed by atoms with Crippen molar-refractivity contribution in [2.75, 3.05) is 13.2 Å². The number of rotatable bonds is 7. The number of carbonyl (C=O) groups excluding carboxylic acids is 2. The smallest absolute Gasteiger partial charge is 0.408 e. The summed E-state index contributed by atoms with van der Waals surface area (Å²) in [4.78, 5) is 24.2. The Bertz CT molecular complexity index is 744. The highest BCUT2D eigenvalue weighted by Gasteiger charge is 2.28. The van der Waals surface area contributed by atoms with E-state index in [0.29, 0.717) is 12.5 Å². The molecular formula is C26H37NO5. The maximum Gasteiger partial charge on any atom is 0.408 e. The predicted molar refractivity (Wildman–Crippen MR) is 127 cm³/mol. The Labute approximate surface area is 192 Å². The van der Waals surface area contributed by atoms with Crippen molar-refractivity contribution in [3.63, 3.8) is 0 Å². The van der Waals surface area contributed by atoms with Crippen LogP contribution in [-0.4, -0.2) is 37.4 Å². The van der Waals surface area contributed by atoms with Crippen LogP contribution >= 0.6 is 0 Å². The molecule has 1 heterocycles. The van der Waals surface area contributed by atoms with Gasteiger partial charge in [-0.15, -0.1) is 0 Å². The minimum Gasteiger partial charge on any atom is -0.461 e. The first-order valence-corrected chi connectivity index (χ1v) is 11.1. The average molecular weight is 444 g/mol. The first-order valence-electron chi connectivity index (χ1n) is 11.1. The zero-order valence-electron chi connectivity index (χ0n) is 19.5. The van der Waals surface area contributed by atoms with Crippen LogP contribution in [0, 0.1) is 5.92 Å². The largest absolute Gasteiger partial charge is 0.461 e. The van der Waals surface area contributed by atoms with Crippen molar-refractivity contribution in [2.24, 2.45) is 5.92 Å². The van der Waals surface area contributed by atoms with Crippen molar-refractivity contribution < 1.29 is 23.8 Å². The first kappa shape index (κ1) is 27.2. The van der Waals surface area contributed by atoms with Crippen LogP contribution in [0.3, 0.4) is 0 Å². The number of cyclic esters (lactones) is 1. The minimum atomic E-state index is -0.855. The molecule has 0 aromatic heterocycles. The van der Waals surface area contributed by atoms with Crippen molar-refractivity contribution in [1.29, 1.82) is 0 Å². The van der Waals surface area contributed by atoms with E-state index >= 15 is 0 Å². The third-order valence-corrected chi connectivity index (χ3v) is 4.81. The van der Waals surface area contributed by atoms with Crippen molar-refractivity contribution in [1.82, 2.24) is 5.32 Å². The van der Waals surface area contributed by atoms with Crippen LogP contribution < -0.4 is 5.32 Å². The number of hydrogen-bond acceptors (Lipinski definition) is 5. The molecule has 176 valence electrons. The molecule has 2 rings (SSSR count). The summed E-state index contributed by atoms with van der Waals surface area (Å²) in [6.07, 6.45) is 7.44. The van der Waals surface area contributed by atoms with Gasteiger partial charge in [0.2, 0.25) is 0 Å². The molecule has 0 aliphatic carbocycles. The average Bonchev–Trinajstić information content (AvgIpc) is 2.83. The normalized spacial score (nSPS) is 21.4. The molecule has 0 radical (unpaired) electrons. The van der Waals surface area contributed by atoms with E-state index in [4.69, 9.17) is 14.2 Å². The second-order valence-corrected chi connectivity index (χ2v) is 7.78. The lowest BCUT2D eigenvalue weighted by atomic mass is 9.98. The minimum absolute atomic E-state index is 0.0895. The Morgan fingerprint density at radius 3 is 2.56 bits per heavy atom. The van der Waals surface area contributed by atoms with Crippen LogP contribution in [0.25, 0.3) is 0 Å². The fraction of sp³-hybridized carbons (Fsp3) is 0.462. The van der Waals surface area contributed by atoms with Gasteiger partial charge in [0.15, 0.2) is 6.04 Å². The molecule has 0 bridgehead atoms. The summed E-state index contributed by atoms with van der Waals surface area (Å²) in [5, 5.41) is 2.54. The Kier molecular flexibility index (Phi) is 13.5. The molecule has 0 saturated carbocycles. The molecule has 1 aromatic carbocycles. The molecule has 3 atom stereocenters. The van der Waals surface area contributed by atoms with Crippen molar-refractivity contribution in [2.45, 2.75) is 58.8 Å². The van der Waals surface area contributed by atoms with Gasteiger partial charge in [0.25, 0.3) is 0 Å². The highest BCUT2D eigenvalue weighted by molar-refractivity contribution is 5.81. The Hall–Kier alpha value is -2.86. The van der Waals surface area contributed by atoms with Gasteiger partial charge in [-0.1, -0.05) is 80.6 Å². The number of amides is 1. The second-order valence-electron chi connectivity index (χ2n) is 7.78. The lowest BCUT2D eigenvalue weighted by molar-refractivity contribution is -0.151. The number of nitrogens with one attached hydrogen (secondary N) is 1. The van der Waals surface area contributed by atoms with E-state index in [1.807, 2.05) is 50.3 Å². The highest BCUT2D eigenvalue weighted by Crippen LogP contribution is 2.18. The summed E-state index contributed by atoms with van der Waals surface area (Å²) in [7, 11) is 0. The number of ether oxygens (including phenoxy) is 3. The summed E-state index contributed by atoms with van der Waals surface area (Å²) in [6.45, 7) is 13.9. The van der Waals surface area contributed by atoms with Gasteiger partial charge >= 0.3 is 12.1 Å². The number of carbonyl (C=O) groups is 2. The molecular weight excluding hydrogens is 406 g/mol. The lowest BCUT2D eigenvalue weighted by Gasteiger charge is -2.19. The SMILES string of the molecule is C=C/C=C(/C)C=C.CCCC1COC[C@H](NC(=O)OCc2ccccc2)C(=O)OC(C)C1. The summed E-state index contributed by atoms with van der Waals surface area (Å²) >= 11 is 0. The number of esters is 1. The van der Waals surface area contributed by atoms with Crippen molar-refractivity contribution in [3.8, 4) is 0 Å². The third-order valence-electron chi connectivity index (χ3n) is 4.81. The van der Waals surface area contributed by atoms with Crippen LogP contribution in [0.1, 0.15) is 45.6 Å². The molecule has 1 amide bonds. The summed E-state index contributed by atoms with van der Waals surface area (Å²) in [6, 6.07) is 8.50. The summed E-state index contributed by atoms with van der Waals surface area (Å²) < 4.78 is 16.2. The van der Waals surface area contributed by atoms with Crippen LogP contribution in [0.5, 0.6) is 0 Å². The number of allylic oxidation sites excluding steroid dienone is 4. The van der Waals surface area contributed by atoms with Gasteiger partial charge in [0, 0.05) is 6.61 Å². The van der Waals surface area contributed by atoms with E-state index in [9.17, 15) is 9.59 Å². The van der Waals surface area contributed by atoms with Crippen LogP contribution in [0.2, 0.25) is 0 Å². The van der Waals surface area contributed by atoms with Crippen molar-refractivity contribution in [3.05, 3.63) is 72.9 Å². The highest BCUT2D eigenvalue weighted by atomic mass is 16.6. The molecule has 1 aliphatic heterocycles. The number of hydrogen-bond donors (Lipinski definition) is 1.